The lowest BCUT2D eigenvalue weighted by Crippen LogP contribution is -2.38. The van der Waals surface area contributed by atoms with Gasteiger partial charge in [-0.2, -0.15) is 5.10 Å². The maximum Gasteiger partial charge on any atom is 0.270 e. The highest BCUT2D eigenvalue weighted by Crippen LogP contribution is 2.30. The summed E-state index contributed by atoms with van der Waals surface area (Å²) in [5, 5.41) is 7.79. The van der Waals surface area contributed by atoms with Gasteiger partial charge >= 0.3 is 0 Å². The molecule has 0 radical (unpaired) electrons. The molecule has 1 fully saturated rings. The van der Waals surface area contributed by atoms with Gasteiger partial charge in [0, 0.05) is 36.8 Å². The Hall–Kier alpha value is -3.75. The van der Waals surface area contributed by atoms with E-state index in [1.165, 1.54) is 0 Å². The number of rotatable bonds is 8. The number of para-hydroxylation sites is 1. The molecule has 2 aromatic heterocycles. The number of benzene rings is 2. The van der Waals surface area contributed by atoms with Gasteiger partial charge in [-0.3, -0.25) is 9.69 Å². The Morgan fingerprint density at radius 1 is 1.03 bits per heavy atom. The van der Waals surface area contributed by atoms with Crippen molar-refractivity contribution in [3.63, 3.8) is 0 Å². The zero-order chi connectivity index (χ0) is 24.0. The third kappa shape index (κ3) is 5.18. The molecule has 1 amide bonds. The topological polar surface area (TPSA) is 81.0 Å². The van der Waals surface area contributed by atoms with Crippen LogP contribution in [0.15, 0.2) is 66.7 Å². The molecule has 4 aromatic rings. The maximum atomic E-state index is 13.3. The molecule has 0 saturated carbocycles. The summed E-state index contributed by atoms with van der Waals surface area (Å²) in [6.45, 7) is 4.94. The predicted octanol–water partition coefficient (Wildman–Crippen LogP) is 3.52. The second-order valence-electron chi connectivity index (χ2n) is 8.46. The van der Waals surface area contributed by atoms with E-state index in [1.54, 1.807) is 17.7 Å². The van der Waals surface area contributed by atoms with Crippen LogP contribution in [-0.4, -0.2) is 71.9 Å². The van der Waals surface area contributed by atoms with Crippen LogP contribution < -0.4 is 10.1 Å². The molecule has 5 rings (SSSR count). The van der Waals surface area contributed by atoms with Crippen molar-refractivity contribution in [3.8, 4) is 28.3 Å². The third-order valence-electron chi connectivity index (χ3n) is 6.15. The zero-order valence-corrected chi connectivity index (χ0v) is 19.8. The average molecular weight is 472 g/mol. The zero-order valence-electron chi connectivity index (χ0n) is 19.8. The molecule has 3 heterocycles. The summed E-state index contributed by atoms with van der Waals surface area (Å²) in [4.78, 5) is 20.5. The van der Waals surface area contributed by atoms with Crippen LogP contribution in [0.4, 0.5) is 0 Å². The first kappa shape index (κ1) is 23.0. The van der Waals surface area contributed by atoms with Crippen LogP contribution in [0.5, 0.6) is 5.75 Å². The highest BCUT2D eigenvalue weighted by atomic mass is 16.5. The Kier molecular flexibility index (Phi) is 7.02. The molecule has 8 heteroatoms. The molecular formula is C27H29N5O3. The molecule has 8 nitrogen and oxygen atoms in total. The Labute approximate surface area is 204 Å². The van der Waals surface area contributed by atoms with Gasteiger partial charge in [-0.1, -0.05) is 42.5 Å². The number of carbonyl (C=O) groups excluding carboxylic acids is 1. The molecule has 0 bridgehead atoms. The van der Waals surface area contributed by atoms with Crippen molar-refractivity contribution in [2.45, 2.75) is 6.42 Å². The van der Waals surface area contributed by atoms with Crippen LogP contribution in [0.25, 0.3) is 28.2 Å². The van der Waals surface area contributed by atoms with E-state index in [2.05, 4.69) is 10.2 Å². The summed E-state index contributed by atoms with van der Waals surface area (Å²) < 4.78 is 12.6. The fourth-order valence-electron chi connectivity index (χ4n) is 4.30. The van der Waals surface area contributed by atoms with Gasteiger partial charge < -0.3 is 14.8 Å². The summed E-state index contributed by atoms with van der Waals surface area (Å²) in [6, 6.07) is 21.2. The minimum Gasteiger partial charge on any atom is -0.496 e. The normalized spacial score (nSPS) is 14.2. The number of morpholine rings is 1. The van der Waals surface area contributed by atoms with Crippen LogP contribution in [-0.2, 0) is 4.74 Å². The number of amides is 1. The van der Waals surface area contributed by atoms with E-state index < -0.39 is 0 Å². The number of nitrogens with one attached hydrogen (secondary N) is 1. The van der Waals surface area contributed by atoms with Gasteiger partial charge in [0.25, 0.3) is 5.91 Å². The van der Waals surface area contributed by atoms with E-state index in [1.807, 2.05) is 60.7 Å². The molecule has 0 spiro atoms. The van der Waals surface area contributed by atoms with Crippen LogP contribution in [0.1, 0.15) is 16.9 Å². The lowest BCUT2D eigenvalue weighted by atomic mass is 10.1. The number of hydrogen-bond donors (Lipinski definition) is 1. The highest BCUT2D eigenvalue weighted by Gasteiger charge is 2.19. The molecule has 180 valence electrons. The van der Waals surface area contributed by atoms with Crippen molar-refractivity contribution < 1.29 is 14.3 Å². The second kappa shape index (κ2) is 10.7. The van der Waals surface area contributed by atoms with E-state index in [0.29, 0.717) is 29.3 Å². The van der Waals surface area contributed by atoms with E-state index in [-0.39, 0.29) is 5.91 Å². The Balaban J connectivity index is 1.45. The number of methoxy groups -OCH3 is 1. The number of fused-ring (bicyclic) bond motifs is 1. The van der Waals surface area contributed by atoms with Crippen LogP contribution in [0.2, 0.25) is 0 Å². The van der Waals surface area contributed by atoms with Crippen LogP contribution in [0, 0.1) is 0 Å². The maximum absolute atomic E-state index is 13.3. The number of aromatic nitrogens is 3. The molecule has 1 N–H and O–H groups in total. The molecule has 1 aliphatic rings. The Bertz CT molecular complexity index is 1300. The van der Waals surface area contributed by atoms with Crippen molar-refractivity contribution in [3.05, 3.63) is 72.4 Å². The summed E-state index contributed by atoms with van der Waals surface area (Å²) in [6.07, 6.45) is 0.869. The van der Waals surface area contributed by atoms with Gasteiger partial charge in [-0.25, -0.2) is 9.50 Å². The fourth-order valence-corrected chi connectivity index (χ4v) is 4.30. The Morgan fingerprint density at radius 2 is 1.80 bits per heavy atom. The molecular weight excluding hydrogens is 442 g/mol. The average Bonchev–Trinajstić information content (AvgIpc) is 3.36. The largest absolute Gasteiger partial charge is 0.496 e. The monoisotopic (exact) mass is 471 g/mol. The minimum atomic E-state index is -0.182. The number of carbonyl (C=O) groups is 1. The van der Waals surface area contributed by atoms with Gasteiger partial charge in [0.05, 0.1) is 31.7 Å². The molecule has 35 heavy (non-hydrogen) atoms. The van der Waals surface area contributed by atoms with E-state index in [0.717, 1.165) is 56.1 Å². The first-order valence-corrected chi connectivity index (χ1v) is 11.9. The first-order chi connectivity index (χ1) is 17.2. The first-order valence-electron chi connectivity index (χ1n) is 11.9. The van der Waals surface area contributed by atoms with E-state index >= 15 is 0 Å². The third-order valence-corrected chi connectivity index (χ3v) is 6.15. The molecule has 0 aliphatic carbocycles. The van der Waals surface area contributed by atoms with Crippen LogP contribution in [0.3, 0.4) is 0 Å². The standard InChI is InChI=1S/C27H29N5O3/c1-34-25-11-6-5-10-21(25)23-18-24(27(33)28-12-7-13-31-14-16-35-17-15-31)32-26(29-23)19-22(30-32)20-8-3-2-4-9-20/h2-6,8-11,18-19H,7,12-17H2,1H3,(H,28,33). The molecule has 1 saturated heterocycles. The smallest absolute Gasteiger partial charge is 0.270 e. The van der Waals surface area contributed by atoms with E-state index in [9.17, 15) is 4.79 Å². The number of ether oxygens (including phenoxy) is 2. The minimum absolute atomic E-state index is 0.182. The SMILES string of the molecule is COc1ccccc1-c1cc(C(=O)NCCCN2CCOCC2)n2nc(-c3ccccc3)cc2n1. The molecule has 0 unspecified atom stereocenters. The van der Waals surface area contributed by atoms with Gasteiger partial charge in [-0.05, 0) is 31.2 Å². The van der Waals surface area contributed by atoms with Crippen molar-refractivity contribution >= 4 is 11.6 Å². The fraction of sp³-hybridized carbons (Fsp3) is 0.296. The van der Waals surface area contributed by atoms with Crippen molar-refractivity contribution in [2.75, 3.05) is 46.5 Å². The van der Waals surface area contributed by atoms with Crippen LogP contribution >= 0.6 is 0 Å². The predicted molar refractivity (Wildman–Crippen MR) is 135 cm³/mol. The summed E-state index contributed by atoms with van der Waals surface area (Å²) in [5.41, 5.74) is 4.25. The summed E-state index contributed by atoms with van der Waals surface area (Å²) in [7, 11) is 1.63. The van der Waals surface area contributed by atoms with Gasteiger partial charge in [-0.15, -0.1) is 0 Å². The lowest BCUT2D eigenvalue weighted by Gasteiger charge is -2.26. The lowest BCUT2D eigenvalue weighted by molar-refractivity contribution is 0.0374. The van der Waals surface area contributed by atoms with Gasteiger partial charge in [0.15, 0.2) is 5.65 Å². The van der Waals surface area contributed by atoms with Crippen molar-refractivity contribution in [1.82, 2.24) is 24.8 Å². The van der Waals surface area contributed by atoms with Crippen molar-refractivity contribution in [1.29, 1.82) is 0 Å². The Morgan fingerprint density at radius 3 is 2.60 bits per heavy atom. The summed E-state index contributed by atoms with van der Waals surface area (Å²) in [5.74, 6) is 0.516. The van der Waals surface area contributed by atoms with E-state index in [4.69, 9.17) is 19.6 Å². The molecule has 2 aromatic carbocycles. The molecule has 0 atom stereocenters. The second-order valence-corrected chi connectivity index (χ2v) is 8.46. The highest BCUT2D eigenvalue weighted by molar-refractivity contribution is 5.94. The van der Waals surface area contributed by atoms with Gasteiger partial charge in [0.1, 0.15) is 11.4 Å². The quantitative estimate of drug-likeness (QED) is 0.396. The van der Waals surface area contributed by atoms with Crippen molar-refractivity contribution in [2.24, 2.45) is 0 Å². The molecule has 1 aliphatic heterocycles. The number of nitrogens with zero attached hydrogens (tertiary/aromatic N) is 4. The number of hydrogen-bond acceptors (Lipinski definition) is 6. The van der Waals surface area contributed by atoms with Gasteiger partial charge in [0.2, 0.25) is 0 Å². The summed E-state index contributed by atoms with van der Waals surface area (Å²) >= 11 is 0.